The highest BCUT2D eigenvalue weighted by molar-refractivity contribution is 7.09. The van der Waals surface area contributed by atoms with Crippen LogP contribution in [0.5, 0.6) is 0 Å². The first-order valence-corrected chi connectivity index (χ1v) is 12.0. The third-order valence-electron chi connectivity index (χ3n) is 5.63. The van der Waals surface area contributed by atoms with E-state index in [0.717, 1.165) is 6.07 Å². The van der Waals surface area contributed by atoms with Gasteiger partial charge >= 0.3 is 6.18 Å². The molecular weight excluding hydrogens is 519 g/mol. The summed E-state index contributed by atoms with van der Waals surface area (Å²) in [6.45, 7) is 0.532. The third kappa shape index (κ3) is 5.82. The summed E-state index contributed by atoms with van der Waals surface area (Å²) in [4.78, 5) is 46.8. The van der Waals surface area contributed by atoms with Crippen LogP contribution in [0.15, 0.2) is 48.0 Å². The van der Waals surface area contributed by atoms with Crippen LogP contribution in [0.4, 0.5) is 13.2 Å². The number of carbonyl (C=O) groups is 3. The van der Waals surface area contributed by atoms with Gasteiger partial charge in [-0.3, -0.25) is 25.2 Å². The van der Waals surface area contributed by atoms with Crippen LogP contribution in [0.3, 0.4) is 0 Å². The van der Waals surface area contributed by atoms with E-state index in [-0.39, 0.29) is 41.0 Å². The van der Waals surface area contributed by atoms with Gasteiger partial charge in [0.05, 0.1) is 21.7 Å². The number of thiazole rings is 1. The van der Waals surface area contributed by atoms with E-state index in [0.29, 0.717) is 17.8 Å². The van der Waals surface area contributed by atoms with E-state index in [2.05, 4.69) is 20.8 Å². The van der Waals surface area contributed by atoms with E-state index in [1.54, 1.807) is 5.38 Å². The van der Waals surface area contributed by atoms with E-state index in [9.17, 15) is 27.6 Å². The molecule has 4 rings (SSSR count). The number of nitrogens with one attached hydrogen (secondary N) is 2. The topological polar surface area (TPSA) is 104 Å². The fraction of sp³-hybridized carbons (Fsp3) is 0.261. The standard InChI is InChI=1S/C23H19ClF3N5O3S/c24-18-6-5-14(11-28-18)19(33)30-31-20(34)17-12-36-21(29-17)13-7-9-32(10-8-13)22(35)15-3-1-2-4-16(15)23(25,26)27/h1-6,11-13H,7-10H2,(H,30,33)(H,31,34). The number of pyridine rings is 1. The minimum Gasteiger partial charge on any atom is -0.339 e. The monoisotopic (exact) mass is 537 g/mol. The number of benzene rings is 1. The largest absolute Gasteiger partial charge is 0.417 e. The van der Waals surface area contributed by atoms with Crippen molar-refractivity contribution < 1.29 is 27.6 Å². The molecule has 2 aromatic heterocycles. The van der Waals surface area contributed by atoms with Crippen LogP contribution in [-0.2, 0) is 6.18 Å². The lowest BCUT2D eigenvalue weighted by molar-refractivity contribution is -0.138. The molecule has 0 aliphatic carbocycles. The normalized spacial score (nSPS) is 14.4. The molecule has 3 amide bonds. The van der Waals surface area contributed by atoms with Crippen LogP contribution in [0, 0.1) is 0 Å². The molecular formula is C23H19ClF3N5O3S. The molecule has 1 fully saturated rings. The van der Waals surface area contributed by atoms with Crippen molar-refractivity contribution in [1.82, 2.24) is 25.7 Å². The van der Waals surface area contributed by atoms with Crippen molar-refractivity contribution in [3.63, 3.8) is 0 Å². The zero-order valence-electron chi connectivity index (χ0n) is 18.5. The molecule has 3 aromatic rings. The molecule has 36 heavy (non-hydrogen) atoms. The summed E-state index contributed by atoms with van der Waals surface area (Å²) in [5.74, 6) is -1.89. The Morgan fingerprint density at radius 3 is 2.39 bits per heavy atom. The predicted molar refractivity (Wildman–Crippen MR) is 126 cm³/mol. The van der Waals surface area contributed by atoms with Gasteiger partial charge in [0.1, 0.15) is 10.8 Å². The van der Waals surface area contributed by atoms with E-state index >= 15 is 0 Å². The number of rotatable bonds is 4. The Hall–Kier alpha value is -3.51. The minimum absolute atomic E-state index is 0.0480. The molecule has 13 heteroatoms. The minimum atomic E-state index is -4.62. The summed E-state index contributed by atoms with van der Waals surface area (Å²) >= 11 is 6.95. The van der Waals surface area contributed by atoms with Gasteiger partial charge in [0.2, 0.25) is 0 Å². The fourth-order valence-corrected chi connectivity index (χ4v) is 4.84. The van der Waals surface area contributed by atoms with Gasteiger partial charge in [0.15, 0.2) is 0 Å². The summed E-state index contributed by atoms with van der Waals surface area (Å²) in [5.41, 5.74) is 3.56. The SMILES string of the molecule is O=C(NNC(=O)c1csc(C2CCN(C(=O)c3ccccc3C(F)(F)F)CC2)n1)c1ccc(Cl)nc1. The van der Waals surface area contributed by atoms with Crippen molar-refractivity contribution in [2.45, 2.75) is 24.9 Å². The number of carbonyl (C=O) groups excluding carboxylic acids is 3. The van der Waals surface area contributed by atoms with Gasteiger partial charge in [-0.25, -0.2) is 9.97 Å². The highest BCUT2D eigenvalue weighted by Crippen LogP contribution is 2.34. The van der Waals surface area contributed by atoms with Gasteiger partial charge in [0, 0.05) is 30.6 Å². The number of nitrogens with zero attached hydrogens (tertiary/aromatic N) is 3. The molecule has 0 bridgehead atoms. The maximum absolute atomic E-state index is 13.3. The fourth-order valence-electron chi connectivity index (χ4n) is 3.76. The highest BCUT2D eigenvalue weighted by atomic mass is 35.5. The Balaban J connectivity index is 1.32. The Kier molecular flexibility index (Phi) is 7.55. The summed E-state index contributed by atoms with van der Waals surface area (Å²) < 4.78 is 39.9. The molecule has 0 unspecified atom stereocenters. The predicted octanol–water partition coefficient (Wildman–Crippen LogP) is 4.30. The number of alkyl halides is 3. The highest BCUT2D eigenvalue weighted by Gasteiger charge is 2.36. The van der Waals surface area contributed by atoms with Crippen LogP contribution in [-0.4, -0.2) is 45.7 Å². The van der Waals surface area contributed by atoms with Crippen molar-refractivity contribution in [3.8, 4) is 0 Å². The van der Waals surface area contributed by atoms with Gasteiger partial charge in [0.25, 0.3) is 17.7 Å². The second-order valence-electron chi connectivity index (χ2n) is 7.96. The number of amides is 3. The summed E-state index contributed by atoms with van der Waals surface area (Å²) in [6, 6.07) is 7.64. The first-order chi connectivity index (χ1) is 17.1. The van der Waals surface area contributed by atoms with Crippen molar-refractivity contribution in [2.24, 2.45) is 0 Å². The van der Waals surface area contributed by atoms with Gasteiger partial charge < -0.3 is 4.90 Å². The van der Waals surface area contributed by atoms with Gasteiger partial charge in [-0.2, -0.15) is 13.2 Å². The smallest absolute Gasteiger partial charge is 0.339 e. The average Bonchev–Trinajstić information content (AvgIpc) is 3.37. The maximum Gasteiger partial charge on any atom is 0.417 e. The second-order valence-corrected chi connectivity index (χ2v) is 9.24. The molecule has 1 saturated heterocycles. The molecule has 1 aromatic carbocycles. The molecule has 1 aliphatic heterocycles. The molecule has 188 valence electrons. The first kappa shape index (κ1) is 25.6. The molecule has 2 N–H and O–H groups in total. The van der Waals surface area contributed by atoms with Crippen LogP contribution < -0.4 is 10.9 Å². The summed E-state index contributed by atoms with van der Waals surface area (Å²) in [5, 5.41) is 2.46. The first-order valence-electron chi connectivity index (χ1n) is 10.8. The van der Waals surface area contributed by atoms with Crippen LogP contribution in [0.1, 0.15) is 60.5 Å². The van der Waals surface area contributed by atoms with Crippen molar-refractivity contribution in [3.05, 3.63) is 80.5 Å². The number of piperidine rings is 1. The molecule has 0 atom stereocenters. The number of hydrogen-bond donors (Lipinski definition) is 2. The summed E-state index contributed by atoms with van der Waals surface area (Å²) in [7, 11) is 0. The number of hydrogen-bond acceptors (Lipinski definition) is 6. The van der Waals surface area contributed by atoms with Crippen LogP contribution >= 0.6 is 22.9 Å². The zero-order chi connectivity index (χ0) is 25.9. The molecule has 3 heterocycles. The molecule has 1 aliphatic rings. The quantitative estimate of drug-likeness (QED) is 0.381. The van der Waals surface area contributed by atoms with Gasteiger partial charge in [-0.15, -0.1) is 11.3 Å². The molecule has 8 nitrogen and oxygen atoms in total. The third-order valence-corrected chi connectivity index (χ3v) is 6.86. The van der Waals surface area contributed by atoms with Crippen LogP contribution in [0.25, 0.3) is 0 Å². The lowest BCUT2D eigenvalue weighted by Gasteiger charge is -2.31. The number of hydrazine groups is 1. The summed E-state index contributed by atoms with van der Waals surface area (Å²) in [6.07, 6.45) is -2.36. The van der Waals surface area contributed by atoms with Crippen molar-refractivity contribution in [1.29, 1.82) is 0 Å². The molecule has 0 radical (unpaired) electrons. The van der Waals surface area contributed by atoms with Gasteiger partial charge in [-0.1, -0.05) is 23.7 Å². The number of aromatic nitrogens is 2. The van der Waals surface area contributed by atoms with Crippen molar-refractivity contribution in [2.75, 3.05) is 13.1 Å². The lowest BCUT2D eigenvalue weighted by atomic mass is 9.96. The number of likely N-dealkylation sites (tertiary alicyclic amines) is 1. The van der Waals surface area contributed by atoms with Crippen LogP contribution in [0.2, 0.25) is 5.15 Å². The van der Waals surface area contributed by atoms with E-state index in [4.69, 9.17) is 11.6 Å². The molecule has 0 spiro atoms. The van der Waals surface area contributed by atoms with E-state index in [1.165, 1.54) is 52.8 Å². The maximum atomic E-state index is 13.3. The Bertz CT molecular complexity index is 1270. The Labute approximate surface area is 212 Å². The average molecular weight is 538 g/mol. The second kappa shape index (κ2) is 10.6. The van der Waals surface area contributed by atoms with E-state index in [1.807, 2.05) is 0 Å². The van der Waals surface area contributed by atoms with Crippen molar-refractivity contribution >= 4 is 40.7 Å². The number of halogens is 4. The molecule has 0 saturated carbocycles. The Morgan fingerprint density at radius 1 is 1.03 bits per heavy atom. The van der Waals surface area contributed by atoms with Gasteiger partial charge in [-0.05, 0) is 37.1 Å². The zero-order valence-corrected chi connectivity index (χ0v) is 20.1. The lowest BCUT2D eigenvalue weighted by Crippen LogP contribution is -2.41. The van der Waals surface area contributed by atoms with E-state index < -0.39 is 29.5 Å². The Morgan fingerprint density at radius 2 is 1.72 bits per heavy atom.